The van der Waals surface area contributed by atoms with E-state index >= 15 is 0 Å². The van der Waals surface area contributed by atoms with Gasteiger partial charge < -0.3 is 4.74 Å². The minimum Gasteiger partial charge on any atom is -0.376 e. The molecule has 4 atom stereocenters. The summed E-state index contributed by atoms with van der Waals surface area (Å²) in [6.07, 6.45) is 5.74. The van der Waals surface area contributed by atoms with Crippen LogP contribution < -0.4 is 0 Å². The normalized spacial score (nSPS) is 19.6. The Bertz CT molecular complexity index is 128. The zero-order chi connectivity index (χ0) is 11.8. The molecule has 4 unspecified atom stereocenters. The maximum Gasteiger partial charge on any atom is 0.0553 e. The SMILES string of the molecule is CCC(C)CC(C)OC(C)CC(C)CC. The van der Waals surface area contributed by atoms with Gasteiger partial charge in [0.1, 0.15) is 0 Å². The first-order valence-corrected chi connectivity index (χ1v) is 6.64. The minimum absolute atomic E-state index is 0.416. The first kappa shape index (κ1) is 15.0. The Morgan fingerprint density at radius 1 is 0.733 bits per heavy atom. The predicted octanol–water partition coefficient (Wildman–Crippen LogP) is 4.65. The Balaban J connectivity index is 3.70. The van der Waals surface area contributed by atoms with E-state index in [0.29, 0.717) is 12.2 Å². The summed E-state index contributed by atoms with van der Waals surface area (Å²) >= 11 is 0. The molecule has 1 nitrogen and oxygen atoms in total. The maximum absolute atomic E-state index is 6.00. The van der Waals surface area contributed by atoms with Crippen molar-refractivity contribution in [2.45, 2.75) is 79.4 Å². The summed E-state index contributed by atoms with van der Waals surface area (Å²) in [5, 5.41) is 0. The van der Waals surface area contributed by atoms with E-state index in [0.717, 1.165) is 11.8 Å². The highest BCUT2D eigenvalue weighted by atomic mass is 16.5. The van der Waals surface area contributed by atoms with Crippen LogP contribution in [0.4, 0.5) is 0 Å². The zero-order valence-corrected chi connectivity index (χ0v) is 11.5. The van der Waals surface area contributed by atoms with Crippen LogP contribution in [-0.2, 0) is 4.74 Å². The summed E-state index contributed by atoms with van der Waals surface area (Å²) in [7, 11) is 0. The van der Waals surface area contributed by atoms with Gasteiger partial charge in [0.15, 0.2) is 0 Å². The third-order valence-corrected chi connectivity index (χ3v) is 3.33. The molecule has 0 N–H and O–H groups in total. The highest BCUT2D eigenvalue weighted by molar-refractivity contribution is 4.62. The third kappa shape index (κ3) is 7.84. The van der Waals surface area contributed by atoms with Crippen LogP contribution in [0.25, 0.3) is 0 Å². The van der Waals surface area contributed by atoms with Crippen molar-refractivity contribution in [2.75, 3.05) is 0 Å². The number of rotatable bonds is 8. The first-order chi connectivity index (χ1) is 6.99. The Morgan fingerprint density at radius 3 is 1.33 bits per heavy atom. The van der Waals surface area contributed by atoms with Crippen molar-refractivity contribution in [3.05, 3.63) is 0 Å². The van der Waals surface area contributed by atoms with Crippen molar-refractivity contribution in [2.24, 2.45) is 11.8 Å². The van der Waals surface area contributed by atoms with Crippen LogP contribution in [0.3, 0.4) is 0 Å². The van der Waals surface area contributed by atoms with Gasteiger partial charge in [0.25, 0.3) is 0 Å². The zero-order valence-electron chi connectivity index (χ0n) is 11.5. The molecule has 0 aromatic heterocycles. The van der Waals surface area contributed by atoms with Crippen LogP contribution in [0.2, 0.25) is 0 Å². The summed E-state index contributed by atoms with van der Waals surface area (Å²) in [6, 6.07) is 0. The summed E-state index contributed by atoms with van der Waals surface area (Å²) in [6.45, 7) is 13.5. The van der Waals surface area contributed by atoms with Gasteiger partial charge in [-0.15, -0.1) is 0 Å². The van der Waals surface area contributed by atoms with Gasteiger partial charge in [0, 0.05) is 0 Å². The molecule has 0 saturated heterocycles. The topological polar surface area (TPSA) is 9.23 Å². The lowest BCUT2D eigenvalue weighted by Crippen LogP contribution is -2.21. The smallest absolute Gasteiger partial charge is 0.0553 e. The van der Waals surface area contributed by atoms with E-state index in [9.17, 15) is 0 Å². The molecule has 1 heteroatoms. The number of ether oxygens (including phenoxy) is 1. The lowest BCUT2D eigenvalue weighted by Gasteiger charge is -2.23. The van der Waals surface area contributed by atoms with Crippen LogP contribution >= 0.6 is 0 Å². The predicted molar refractivity (Wildman–Crippen MR) is 68.2 cm³/mol. The van der Waals surface area contributed by atoms with E-state index in [1.165, 1.54) is 25.7 Å². The molecule has 0 aliphatic heterocycles. The van der Waals surface area contributed by atoms with Gasteiger partial charge in [-0.3, -0.25) is 0 Å². The van der Waals surface area contributed by atoms with E-state index in [1.54, 1.807) is 0 Å². The fourth-order valence-electron chi connectivity index (χ4n) is 1.97. The molecule has 0 heterocycles. The van der Waals surface area contributed by atoms with Crippen LogP contribution in [0.15, 0.2) is 0 Å². The summed E-state index contributed by atoms with van der Waals surface area (Å²) < 4.78 is 6.00. The summed E-state index contributed by atoms with van der Waals surface area (Å²) in [5.41, 5.74) is 0. The van der Waals surface area contributed by atoms with Gasteiger partial charge in [-0.2, -0.15) is 0 Å². The largest absolute Gasteiger partial charge is 0.376 e. The van der Waals surface area contributed by atoms with Crippen LogP contribution in [0.1, 0.15) is 67.2 Å². The Labute approximate surface area is 96.6 Å². The van der Waals surface area contributed by atoms with Crippen LogP contribution in [-0.4, -0.2) is 12.2 Å². The second-order valence-electron chi connectivity index (χ2n) is 5.26. The molecule has 0 amide bonds. The van der Waals surface area contributed by atoms with E-state index in [-0.39, 0.29) is 0 Å². The van der Waals surface area contributed by atoms with E-state index in [1.807, 2.05) is 0 Å². The fourth-order valence-corrected chi connectivity index (χ4v) is 1.97. The average Bonchev–Trinajstić information content (AvgIpc) is 2.16. The van der Waals surface area contributed by atoms with Gasteiger partial charge in [-0.1, -0.05) is 40.5 Å². The van der Waals surface area contributed by atoms with Gasteiger partial charge in [0.05, 0.1) is 12.2 Å². The van der Waals surface area contributed by atoms with Crippen molar-refractivity contribution in [3.63, 3.8) is 0 Å². The average molecular weight is 214 g/mol. The molecule has 0 saturated carbocycles. The molecule has 0 spiro atoms. The number of hydrogen-bond donors (Lipinski definition) is 0. The molecule has 0 aliphatic rings. The van der Waals surface area contributed by atoms with E-state index < -0.39 is 0 Å². The third-order valence-electron chi connectivity index (χ3n) is 3.33. The van der Waals surface area contributed by atoms with Gasteiger partial charge in [-0.25, -0.2) is 0 Å². The highest BCUT2D eigenvalue weighted by Gasteiger charge is 2.13. The summed E-state index contributed by atoms with van der Waals surface area (Å²) in [5.74, 6) is 1.58. The molecule has 92 valence electrons. The van der Waals surface area contributed by atoms with E-state index in [2.05, 4.69) is 41.5 Å². The van der Waals surface area contributed by atoms with Crippen LogP contribution in [0, 0.1) is 11.8 Å². The van der Waals surface area contributed by atoms with Gasteiger partial charge in [0.2, 0.25) is 0 Å². The fraction of sp³-hybridized carbons (Fsp3) is 1.00. The van der Waals surface area contributed by atoms with E-state index in [4.69, 9.17) is 4.74 Å². The molecular formula is C14H30O. The first-order valence-electron chi connectivity index (χ1n) is 6.64. The monoisotopic (exact) mass is 214 g/mol. The molecule has 0 aliphatic carbocycles. The molecule has 15 heavy (non-hydrogen) atoms. The molecule has 0 fully saturated rings. The molecule has 0 aromatic carbocycles. The van der Waals surface area contributed by atoms with Crippen molar-refractivity contribution in [1.29, 1.82) is 0 Å². The molecule has 0 rings (SSSR count). The molecule has 0 radical (unpaired) electrons. The highest BCUT2D eigenvalue weighted by Crippen LogP contribution is 2.17. The quantitative estimate of drug-likeness (QED) is 0.571. The Morgan fingerprint density at radius 2 is 1.07 bits per heavy atom. The molecular weight excluding hydrogens is 184 g/mol. The van der Waals surface area contributed by atoms with Crippen molar-refractivity contribution in [1.82, 2.24) is 0 Å². The van der Waals surface area contributed by atoms with Crippen molar-refractivity contribution < 1.29 is 4.74 Å². The Hall–Kier alpha value is -0.0400. The van der Waals surface area contributed by atoms with Crippen molar-refractivity contribution >= 4 is 0 Å². The lowest BCUT2D eigenvalue weighted by molar-refractivity contribution is -0.0138. The van der Waals surface area contributed by atoms with Crippen molar-refractivity contribution in [3.8, 4) is 0 Å². The standard InChI is InChI=1S/C14H30O/c1-7-11(3)9-13(5)15-14(6)10-12(4)8-2/h11-14H,7-10H2,1-6H3. The minimum atomic E-state index is 0.416. The second-order valence-corrected chi connectivity index (χ2v) is 5.26. The Kier molecular flexibility index (Phi) is 8.13. The molecule has 0 bridgehead atoms. The van der Waals surface area contributed by atoms with Gasteiger partial charge >= 0.3 is 0 Å². The lowest BCUT2D eigenvalue weighted by atomic mass is 10.00. The number of hydrogen-bond acceptors (Lipinski definition) is 1. The molecule has 0 aromatic rings. The van der Waals surface area contributed by atoms with Gasteiger partial charge in [-0.05, 0) is 38.5 Å². The second kappa shape index (κ2) is 8.15. The summed E-state index contributed by atoms with van der Waals surface area (Å²) in [4.78, 5) is 0. The van der Waals surface area contributed by atoms with Crippen LogP contribution in [0.5, 0.6) is 0 Å². The maximum atomic E-state index is 6.00.